The van der Waals surface area contributed by atoms with Crippen LogP contribution in [0, 0.1) is 5.41 Å². The third-order valence-corrected chi connectivity index (χ3v) is 5.16. The van der Waals surface area contributed by atoms with E-state index in [1.165, 1.54) is 0 Å². The maximum atomic E-state index is 12.3. The second-order valence-electron chi connectivity index (χ2n) is 7.24. The van der Waals surface area contributed by atoms with Gasteiger partial charge in [0, 0.05) is 31.7 Å². The molecule has 2 N–H and O–H groups in total. The summed E-state index contributed by atoms with van der Waals surface area (Å²) in [5.74, 6) is -0.773. The van der Waals surface area contributed by atoms with Gasteiger partial charge in [0.25, 0.3) is 0 Å². The predicted octanol–water partition coefficient (Wildman–Crippen LogP) is 1.37. The number of amides is 2. The predicted molar refractivity (Wildman–Crippen MR) is 80.2 cm³/mol. The number of nitrogens with one attached hydrogen (secondary N) is 1. The van der Waals surface area contributed by atoms with Gasteiger partial charge >= 0.3 is 12.0 Å². The number of carboxylic acid groups (broad SMARTS) is 1. The highest BCUT2D eigenvalue weighted by Gasteiger charge is 2.40. The average molecular weight is 297 g/mol. The molecule has 2 fully saturated rings. The Morgan fingerprint density at radius 3 is 2.38 bits per heavy atom. The largest absolute Gasteiger partial charge is 0.481 e. The summed E-state index contributed by atoms with van der Waals surface area (Å²) in [7, 11) is 2.07. The number of hydrogen-bond acceptors (Lipinski definition) is 3. The Labute approximate surface area is 126 Å². The minimum Gasteiger partial charge on any atom is -0.481 e. The van der Waals surface area contributed by atoms with Crippen LogP contribution in [0.2, 0.25) is 0 Å². The number of carbonyl (C=O) groups is 2. The van der Waals surface area contributed by atoms with Crippen molar-refractivity contribution in [2.75, 3.05) is 33.2 Å². The molecule has 120 valence electrons. The molecule has 0 aromatic heterocycles. The SMILES string of the molecule is CN1CCN(C(=O)NCC2(CC(=O)O)CCC2)CC1(C)C. The zero-order valence-corrected chi connectivity index (χ0v) is 13.3. The zero-order chi connectivity index (χ0) is 15.7. The summed E-state index contributed by atoms with van der Waals surface area (Å²) >= 11 is 0. The minimum atomic E-state index is -0.773. The molecule has 0 atom stereocenters. The molecule has 1 saturated heterocycles. The Balaban J connectivity index is 1.86. The number of rotatable bonds is 4. The highest BCUT2D eigenvalue weighted by atomic mass is 16.4. The average Bonchev–Trinajstić information content (AvgIpc) is 2.35. The highest BCUT2D eigenvalue weighted by Crippen LogP contribution is 2.43. The molecule has 2 amide bonds. The summed E-state index contributed by atoms with van der Waals surface area (Å²) in [5, 5.41) is 12.0. The number of urea groups is 1. The van der Waals surface area contributed by atoms with E-state index < -0.39 is 5.97 Å². The quantitative estimate of drug-likeness (QED) is 0.822. The molecule has 1 heterocycles. The first-order valence-corrected chi connectivity index (χ1v) is 7.70. The van der Waals surface area contributed by atoms with Crippen LogP contribution in [-0.4, -0.2) is 65.7 Å². The van der Waals surface area contributed by atoms with Crippen LogP contribution in [0.3, 0.4) is 0 Å². The number of aliphatic carboxylic acids is 1. The molecule has 1 aliphatic heterocycles. The maximum Gasteiger partial charge on any atom is 0.317 e. The van der Waals surface area contributed by atoms with E-state index in [9.17, 15) is 9.59 Å². The van der Waals surface area contributed by atoms with E-state index in [0.717, 1.165) is 32.4 Å². The molecule has 0 aromatic carbocycles. The fourth-order valence-corrected chi connectivity index (χ4v) is 3.20. The van der Waals surface area contributed by atoms with Gasteiger partial charge in [-0.15, -0.1) is 0 Å². The standard InChI is InChI=1S/C15H27N3O3/c1-14(2)11-18(8-7-17(14)3)13(21)16-10-15(5-4-6-15)9-12(19)20/h4-11H2,1-3H3,(H,16,21)(H,19,20). The molecular weight excluding hydrogens is 270 g/mol. The molecule has 0 spiro atoms. The van der Waals surface area contributed by atoms with Gasteiger partial charge in [0.15, 0.2) is 0 Å². The smallest absolute Gasteiger partial charge is 0.317 e. The molecule has 1 aliphatic carbocycles. The lowest BCUT2D eigenvalue weighted by Crippen LogP contribution is -2.61. The Morgan fingerprint density at radius 1 is 1.24 bits per heavy atom. The van der Waals surface area contributed by atoms with Crippen molar-refractivity contribution < 1.29 is 14.7 Å². The van der Waals surface area contributed by atoms with E-state index in [2.05, 4.69) is 31.1 Å². The number of carbonyl (C=O) groups excluding carboxylic acids is 1. The number of hydrogen-bond donors (Lipinski definition) is 2. The van der Waals surface area contributed by atoms with Crippen molar-refractivity contribution in [1.82, 2.24) is 15.1 Å². The number of carboxylic acids is 1. The Hall–Kier alpha value is -1.30. The van der Waals surface area contributed by atoms with Crippen molar-refractivity contribution in [3.05, 3.63) is 0 Å². The molecule has 2 rings (SSSR count). The van der Waals surface area contributed by atoms with E-state index >= 15 is 0 Å². The highest BCUT2D eigenvalue weighted by molar-refractivity contribution is 5.75. The lowest BCUT2D eigenvalue weighted by Gasteiger charge is -2.46. The van der Waals surface area contributed by atoms with Gasteiger partial charge in [-0.05, 0) is 39.2 Å². The second kappa shape index (κ2) is 5.83. The molecule has 0 bridgehead atoms. The summed E-state index contributed by atoms with van der Waals surface area (Å²) in [4.78, 5) is 27.4. The third-order valence-electron chi connectivity index (χ3n) is 5.16. The Bertz CT molecular complexity index is 418. The lowest BCUT2D eigenvalue weighted by molar-refractivity contribution is -0.141. The lowest BCUT2D eigenvalue weighted by atomic mass is 9.66. The van der Waals surface area contributed by atoms with Gasteiger partial charge in [-0.1, -0.05) is 6.42 Å². The first-order valence-electron chi connectivity index (χ1n) is 7.70. The van der Waals surface area contributed by atoms with Gasteiger partial charge in [0.05, 0.1) is 6.42 Å². The minimum absolute atomic E-state index is 0.0230. The maximum absolute atomic E-state index is 12.3. The fraction of sp³-hybridized carbons (Fsp3) is 0.867. The van der Waals surface area contributed by atoms with Gasteiger partial charge in [0.2, 0.25) is 0 Å². The van der Waals surface area contributed by atoms with Crippen LogP contribution in [0.4, 0.5) is 4.79 Å². The van der Waals surface area contributed by atoms with Gasteiger partial charge in [-0.3, -0.25) is 9.69 Å². The van der Waals surface area contributed by atoms with Crippen molar-refractivity contribution in [3.8, 4) is 0 Å². The molecule has 0 aromatic rings. The molecule has 2 aliphatic rings. The van der Waals surface area contributed by atoms with Crippen molar-refractivity contribution in [2.45, 2.75) is 45.1 Å². The van der Waals surface area contributed by atoms with E-state index in [1.807, 2.05) is 4.90 Å². The van der Waals surface area contributed by atoms with E-state index in [1.54, 1.807) is 0 Å². The van der Waals surface area contributed by atoms with Crippen molar-refractivity contribution in [2.24, 2.45) is 5.41 Å². The molecule has 21 heavy (non-hydrogen) atoms. The topological polar surface area (TPSA) is 72.9 Å². The van der Waals surface area contributed by atoms with Gasteiger partial charge in [0.1, 0.15) is 0 Å². The first-order chi connectivity index (χ1) is 9.74. The van der Waals surface area contributed by atoms with E-state index in [0.29, 0.717) is 13.1 Å². The summed E-state index contributed by atoms with van der Waals surface area (Å²) in [5.41, 5.74) is -0.242. The molecule has 6 heteroatoms. The van der Waals surface area contributed by atoms with Gasteiger partial charge in [-0.25, -0.2) is 4.79 Å². The molecular formula is C15H27N3O3. The van der Waals surface area contributed by atoms with Crippen LogP contribution in [0.25, 0.3) is 0 Å². The Morgan fingerprint density at radius 2 is 1.90 bits per heavy atom. The number of likely N-dealkylation sites (N-methyl/N-ethyl adjacent to an activating group) is 1. The third kappa shape index (κ3) is 3.67. The summed E-state index contributed by atoms with van der Waals surface area (Å²) in [6.45, 7) is 7.01. The fourth-order valence-electron chi connectivity index (χ4n) is 3.20. The zero-order valence-electron chi connectivity index (χ0n) is 13.3. The van der Waals surface area contributed by atoms with Crippen LogP contribution in [-0.2, 0) is 4.79 Å². The molecule has 0 unspecified atom stereocenters. The van der Waals surface area contributed by atoms with Crippen molar-refractivity contribution >= 4 is 12.0 Å². The number of piperazine rings is 1. The van der Waals surface area contributed by atoms with E-state index in [-0.39, 0.29) is 23.4 Å². The van der Waals surface area contributed by atoms with Gasteiger partial charge in [-0.2, -0.15) is 0 Å². The monoisotopic (exact) mass is 297 g/mol. The van der Waals surface area contributed by atoms with Crippen LogP contribution in [0.15, 0.2) is 0 Å². The summed E-state index contributed by atoms with van der Waals surface area (Å²) < 4.78 is 0. The normalized spacial score (nSPS) is 24.2. The van der Waals surface area contributed by atoms with Crippen molar-refractivity contribution in [1.29, 1.82) is 0 Å². The molecule has 0 radical (unpaired) electrons. The van der Waals surface area contributed by atoms with Crippen molar-refractivity contribution in [3.63, 3.8) is 0 Å². The summed E-state index contributed by atoms with van der Waals surface area (Å²) in [6, 6.07) is -0.0622. The molecule has 6 nitrogen and oxygen atoms in total. The van der Waals surface area contributed by atoms with Crippen LogP contribution < -0.4 is 5.32 Å². The molecule has 1 saturated carbocycles. The second-order valence-corrected chi connectivity index (χ2v) is 7.24. The first kappa shape index (κ1) is 16.1. The summed E-state index contributed by atoms with van der Waals surface area (Å²) in [6.07, 6.45) is 3.01. The van der Waals surface area contributed by atoms with Gasteiger partial charge < -0.3 is 15.3 Å². The van der Waals surface area contributed by atoms with Crippen LogP contribution in [0.1, 0.15) is 39.5 Å². The van der Waals surface area contributed by atoms with Crippen LogP contribution in [0.5, 0.6) is 0 Å². The van der Waals surface area contributed by atoms with E-state index in [4.69, 9.17) is 5.11 Å². The Kier molecular flexibility index (Phi) is 4.46. The van der Waals surface area contributed by atoms with Crippen LogP contribution >= 0.6 is 0 Å². The number of nitrogens with zero attached hydrogens (tertiary/aromatic N) is 2.